The summed E-state index contributed by atoms with van der Waals surface area (Å²) in [5, 5.41) is 13.7. The Morgan fingerprint density at radius 2 is 1.62 bits per heavy atom. The number of aliphatic carboxylic acids is 1. The molecule has 2 amide bonds. The minimum absolute atomic E-state index is 0.0206. The zero-order valence-electron chi connectivity index (χ0n) is 32.6. The van der Waals surface area contributed by atoms with Crippen LogP contribution < -0.4 is 5.32 Å². The summed E-state index contributed by atoms with van der Waals surface area (Å²) in [4.78, 5) is 41.0. The first kappa shape index (κ1) is 36.2. The topological polar surface area (TPSA) is 90.0 Å². The quantitative estimate of drug-likeness (QED) is 0.295. The fraction of sp³-hybridized carbons (Fsp3) is 0.837. The van der Waals surface area contributed by atoms with Crippen LogP contribution in [0.2, 0.25) is 0 Å². The molecular formula is C43H67N3O4. The van der Waals surface area contributed by atoms with Gasteiger partial charge in [0.2, 0.25) is 11.8 Å². The van der Waals surface area contributed by atoms with E-state index in [1.807, 2.05) is 18.7 Å². The maximum Gasteiger partial charge on any atom is 0.306 e. The van der Waals surface area contributed by atoms with Crippen molar-refractivity contribution in [3.05, 3.63) is 23.3 Å². The van der Waals surface area contributed by atoms with Gasteiger partial charge >= 0.3 is 5.97 Å². The average Bonchev–Trinajstić information content (AvgIpc) is 3.47. The molecule has 1 saturated heterocycles. The first-order chi connectivity index (χ1) is 23.4. The summed E-state index contributed by atoms with van der Waals surface area (Å²) in [6.45, 7) is 21.3. The van der Waals surface area contributed by atoms with Crippen molar-refractivity contribution in [2.45, 2.75) is 150 Å². The number of hydrogen-bond donors (Lipinski definition) is 2. The molecule has 0 aromatic carbocycles. The third kappa shape index (κ3) is 5.15. The van der Waals surface area contributed by atoms with Gasteiger partial charge < -0.3 is 20.2 Å². The van der Waals surface area contributed by atoms with Crippen LogP contribution in [0, 0.1) is 51.2 Å². The number of carboxylic acid groups (broad SMARTS) is 1. The van der Waals surface area contributed by atoms with Crippen molar-refractivity contribution in [3.8, 4) is 0 Å². The number of nitrogens with one attached hydrogen (secondary N) is 1. The Bertz CT molecular complexity index is 1480. The van der Waals surface area contributed by atoms with Gasteiger partial charge in [0.15, 0.2) is 0 Å². The summed E-state index contributed by atoms with van der Waals surface area (Å²) in [6, 6.07) is 0. The van der Waals surface area contributed by atoms with Gasteiger partial charge in [-0.1, -0.05) is 53.2 Å². The predicted octanol–water partition coefficient (Wildman–Crippen LogP) is 8.00. The second-order valence-corrected chi connectivity index (χ2v) is 19.9. The number of carbonyl (C=O) groups is 3. The summed E-state index contributed by atoms with van der Waals surface area (Å²) in [7, 11) is 0. The molecule has 1 heterocycles. The van der Waals surface area contributed by atoms with E-state index >= 15 is 0 Å². The van der Waals surface area contributed by atoms with Crippen LogP contribution in [0.1, 0.15) is 139 Å². The van der Waals surface area contributed by atoms with Crippen LogP contribution in [0.3, 0.4) is 0 Å². The van der Waals surface area contributed by atoms with Crippen molar-refractivity contribution in [3.63, 3.8) is 0 Å². The van der Waals surface area contributed by atoms with Gasteiger partial charge in [0, 0.05) is 38.6 Å². The molecule has 6 aliphatic carbocycles. The summed E-state index contributed by atoms with van der Waals surface area (Å²) < 4.78 is 0. The standard InChI is InChI=1S/C43H67N3O4/c1-28(47)46-27-26-45(37(50)39(46,4)5)25-24-44-43-19-9-10-33(43)32-15-16-35-40(6)20-17-31(29-11-13-30(14-12-29)36(48)49)38(2,3)34(40)18-21-42(35,8)41(32,7)22-23-43/h11,17,30,32-35,44H,9-10,12-16,18-27H2,1-8H3,(H,48,49)/t30?,32-,33?,34?,35?,40+,41-,42?,43?/m1/s1. The summed E-state index contributed by atoms with van der Waals surface area (Å²) in [6.07, 6.45) is 20.1. The maximum absolute atomic E-state index is 13.4. The molecule has 2 N–H and O–H groups in total. The number of hydrogen-bond acceptors (Lipinski definition) is 4. The molecule has 50 heavy (non-hydrogen) atoms. The molecule has 9 atom stereocenters. The Kier molecular flexibility index (Phi) is 8.84. The average molecular weight is 690 g/mol. The van der Waals surface area contributed by atoms with Gasteiger partial charge in [0.25, 0.3) is 0 Å². The van der Waals surface area contributed by atoms with Gasteiger partial charge in [0.05, 0.1) is 5.92 Å². The zero-order valence-corrected chi connectivity index (χ0v) is 32.6. The molecule has 0 bridgehead atoms. The van der Waals surface area contributed by atoms with Gasteiger partial charge in [-0.15, -0.1) is 0 Å². The number of piperazine rings is 1. The van der Waals surface area contributed by atoms with E-state index in [-0.39, 0.29) is 34.1 Å². The van der Waals surface area contributed by atoms with Crippen molar-refractivity contribution in [1.82, 2.24) is 15.1 Å². The lowest BCUT2D eigenvalue weighted by molar-refractivity contribution is -0.218. The first-order valence-electron chi connectivity index (χ1n) is 20.4. The lowest BCUT2D eigenvalue weighted by Gasteiger charge is -2.72. The number of rotatable bonds is 6. The molecule has 0 aromatic heterocycles. The molecule has 278 valence electrons. The van der Waals surface area contributed by atoms with E-state index in [0.29, 0.717) is 54.6 Å². The molecule has 7 rings (SSSR count). The summed E-state index contributed by atoms with van der Waals surface area (Å²) >= 11 is 0. The van der Waals surface area contributed by atoms with E-state index in [2.05, 4.69) is 52.1 Å². The number of nitrogens with zero attached hydrogens (tertiary/aromatic N) is 2. The van der Waals surface area contributed by atoms with Crippen molar-refractivity contribution in [2.24, 2.45) is 51.2 Å². The minimum Gasteiger partial charge on any atom is -0.481 e. The van der Waals surface area contributed by atoms with Crippen molar-refractivity contribution >= 4 is 17.8 Å². The number of amides is 2. The van der Waals surface area contributed by atoms with Gasteiger partial charge in [-0.05, 0) is 147 Å². The van der Waals surface area contributed by atoms with Gasteiger partial charge in [-0.25, -0.2) is 0 Å². The number of allylic oxidation sites excluding steroid dienone is 4. The molecule has 7 aliphatic rings. The van der Waals surface area contributed by atoms with E-state index in [0.717, 1.165) is 31.7 Å². The maximum atomic E-state index is 13.4. The predicted molar refractivity (Wildman–Crippen MR) is 198 cm³/mol. The largest absolute Gasteiger partial charge is 0.481 e. The van der Waals surface area contributed by atoms with Crippen LogP contribution in [0.15, 0.2) is 23.3 Å². The third-order valence-electron chi connectivity index (χ3n) is 17.4. The zero-order chi connectivity index (χ0) is 36.1. The first-order valence-corrected chi connectivity index (χ1v) is 20.4. The van der Waals surface area contributed by atoms with Gasteiger partial charge in [0.1, 0.15) is 5.54 Å². The van der Waals surface area contributed by atoms with Crippen LogP contribution in [0.25, 0.3) is 0 Å². The highest BCUT2D eigenvalue weighted by atomic mass is 16.4. The molecule has 7 heteroatoms. The molecule has 0 spiro atoms. The fourth-order valence-corrected chi connectivity index (χ4v) is 14.6. The van der Waals surface area contributed by atoms with Crippen molar-refractivity contribution in [2.75, 3.05) is 26.2 Å². The molecule has 7 nitrogen and oxygen atoms in total. The highest BCUT2D eigenvalue weighted by Crippen LogP contribution is 2.76. The van der Waals surface area contributed by atoms with E-state index in [1.54, 1.807) is 11.8 Å². The smallest absolute Gasteiger partial charge is 0.306 e. The minimum atomic E-state index is -0.779. The highest BCUT2D eigenvalue weighted by molar-refractivity contribution is 5.91. The van der Waals surface area contributed by atoms with E-state index in [1.165, 1.54) is 68.9 Å². The normalized spacial score (nSPS) is 43.5. The van der Waals surface area contributed by atoms with Crippen LogP contribution in [0.5, 0.6) is 0 Å². The van der Waals surface area contributed by atoms with E-state index in [4.69, 9.17) is 0 Å². The Balaban J connectivity index is 1.07. The van der Waals surface area contributed by atoms with Crippen LogP contribution >= 0.6 is 0 Å². The molecule has 4 saturated carbocycles. The van der Waals surface area contributed by atoms with Crippen LogP contribution in [-0.4, -0.2) is 69.9 Å². The second kappa shape index (κ2) is 12.2. The van der Waals surface area contributed by atoms with Crippen molar-refractivity contribution < 1.29 is 19.5 Å². The van der Waals surface area contributed by atoms with Crippen LogP contribution in [-0.2, 0) is 14.4 Å². The molecule has 5 fully saturated rings. The molecule has 0 aromatic rings. The van der Waals surface area contributed by atoms with E-state index in [9.17, 15) is 19.5 Å². The summed E-state index contributed by atoms with van der Waals surface area (Å²) in [5.41, 5.74) is 3.40. The Hall–Kier alpha value is -2.15. The third-order valence-corrected chi connectivity index (χ3v) is 17.4. The second-order valence-electron chi connectivity index (χ2n) is 19.9. The Labute approximate surface area is 302 Å². The van der Waals surface area contributed by atoms with Crippen molar-refractivity contribution in [1.29, 1.82) is 0 Å². The molecule has 6 unspecified atom stereocenters. The molecular weight excluding hydrogens is 622 g/mol. The Morgan fingerprint density at radius 3 is 2.30 bits per heavy atom. The van der Waals surface area contributed by atoms with Crippen LogP contribution in [0.4, 0.5) is 0 Å². The summed E-state index contributed by atoms with van der Waals surface area (Å²) in [5.74, 6) is 1.99. The van der Waals surface area contributed by atoms with Gasteiger partial charge in [-0.2, -0.15) is 0 Å². The van der Waals surface area contributed by atoms with Gasteiger partial charge in [-0.3, -0.25) is 14.4 Å². The number of carbonyl (C=O) groups excluding carboxylic acids is 2. The highest BCUT2D eigenvalue weighted by Gasteiger charge is 2.69. The lowest BCUT2D eigenvalue weighted by Crippen LogP contribution is -2.68. The molecule has 1 aliphatic heterocycles. The number of carboxylic acids is 1. The lowest BCUT2D eigenvalue weighted by atomic mass is 9.33. The SMILES string of the molecule is CC(=O)N1CCN(CCNC23CCCC2[C@H]2CCC4C(C)(CCC5C(C)(C)C(C6=CCC(C(=O)O)CC6)=CC[C@@]54C)[C@]2(C)CC3)C(=O)C1(C)C. The Morgan fingerprint density at radius 1 is 0.860 bits per heavy atom. The fourth-order valence-electron chi connectivity index (χ4n) is 14.6. The number of fused-ring (bicyclic) bond motifs is 7. The monoisotopic (exact) mass is 690 g/mol. The molecule has 0 radical (unpaired) electrons. The van der Waals surface area contributed by atoms with E-state index < -0.39 is 11.5 Å².